The molecule has 2 heterocycles. The number of piperidine rings is 1. The smallest absolute Gasteiger partial charge is 0.237 e. The SMILES string of the molecule is CCC1CCCCN1CC(=O)N(Cc1ccccc1)Cc1ccco1. The van der Waals surface area contributed by atoms with E-state index in [1.807, 2.05) is 35.2 Å². The minimum absolute atomic E-state index is 0.181. The molecule has 1 aromatic carbocycles. The van der Waals surface area contributed by atoms with Crippen molar-refractivity contribution in [3.8, 4) is 0 Å². The third-order valence-electron chi connectivity index (χ3n) is 5.05. The molecule has 1 aliphatic rings. The summed E-state index contributed by atoms with van der Waals surface area (Å²) in [6.45, 7) is 4.89. The van der Waals surface area contributed by atoms with Crippen molar-refractivity contribution >= 4 is 5.91 Å². The second-order valence-electron chi connectivity index (χ2n) is 6.84. The summed E-state index contributed by atoms with van der Waals surface area (Å²) in [4.78, 5) is 17.3. The van der Waals surface area contributed by atoms with E-state index in [0.29, 0.717) is 25.7 Å². The van der Waals surface area contributed by atoms with E-state index in [2.05, 4.69) is 24.0 Å². The minimum atomic E-state index is 0.181. The van der Waals surface area contributed by atoms with Crippen LogP contribution in [0.4, 0.5) is 0 Å². The van der Waals surface area contributed by atoms with Crippen molar-refractivity contribution in [3.05, 3.63) is 60.1 Å². The number of furan rings is 1. The molecule has 2 aromatic rings. The summed E-state index contributed by atoms with van der Waals surface area (Å²) in [6.07, 6.45) is 6.47. The molecule has 1 unspecified atom stereocenters. The summed E-state index contributed by atoms with van der Waals surface area (Å²) in [5.41, 5.74) is 1.15. The molecule has 1 saturated heterocycles. The van der Waals surface area contributed by atoms with E-state index in [-0.39, 0.29) is 5.91 Å². The van der Waals surface area contributed by atoms with Crippen LogP contribution in [0.3, 0.4) is 0 Å². The average Bonchev–Trinajstić information content (AvgIpc) is 3.15. The first-order chi connectivity index (χ1) is 12.3. The van der Waals surface area contributed by atoms with Gasteiger partial charge in [0.25, 0.3) is 0 Å². The first kappa shape index (κ1) is 17.7. The van der Waals surface area contributed by atoms with Gasteiger partial charge in [0.1, 0.15) is 5.76 Å². The van der Waals surface area contributed by atoms with E-state index in [0.717, 1.165) is 24.3 Å². The van der Waals surface area contributed by atoms with E-state index < -0.39 is 0 Å². The molecular weight excluding hydrogens is 312 g/mol. The molecule has 1 fully saturated rings. The summed E-state index contributed by atoms with van der Waals surface area (Å²) in [5, 5.41) is 0. The Morgan fingerprint density at radius 3 is 2.72 bits per heavy atom. The van der Waals surface area contributed by atoms with Crippen LogP contribution in [-0.4, -0.2) is 34.8 Å². The summed E-state index contributed by atoms with van der Waals surface area (Å²) in [7, 11) is 0. The monoisotopic (exact) mass is 340 g/mol. The Morgan fingerprint density at radius 1 is 1.16 bits per heavy atom. The largest absolute Gasteiger partial charge is 0.467 e. The number of hydrogen-bond acceptors (Lipinski definition) is 3. The van der Waals surface area contributed by atoms with Crippen LogP contribution in [0.5, 0.6) is 0 Å². The lowest BCUT2D eigenvalue weighted by Gasteiger charge is -2.36. The second-order valence-corrected chi connectivity index (χ2v) is 6.84. The molecule has 0 aliphatic carbocycles. The molecule has 0 spiro atoms. The molecule has 0 N–H and O–H groups in total. The van der Waals surface area contributed by atoms with Gasteiger partial charge < -0.3 is 9.32 Å². The molecule has 0 saturated carbocycles. The quantitative estimate of drug-likeness (QED) is 0.762. The van der Waals surface area contributed by atoms with Crippen LogP contribution in [0.1, 0.15) is 43.9 Å². The Balaban J connectivity index is 1.69. The zero-order chi connectivity index (χ0) is 17.5. The van der Waals surface area contributed by atoms with Crippen LogP contribution in [0.25, 0.3) is 0 Å². The molecule has 134 valence electrons. The maximum absolute atomic E-state index is 13.0. The van der Waals surface area contributed by atoms with Crippen molar-refractivity contribution < 1.29 is 9.21 Å². The van der Waals surface area contributed by atoms with Crippen LogP contribution >= 0.6 is 0 Å². The molecular formula is C21H28N2O2. The van der Waals surface area contributed by atoms with Gasteiger partial charge in [-0.15, -0.1) is 0 Å². The first-order valence-electron chi connectivity index (χ1n) is 9.34. The normalized spacial score (nSPS) is 18.2. The van der Waals surface area contributed by atoms with Crippen molar-refractivity contribution in [1.29, 1.82) is 0 Å². The van der Waals surface area contributed by atoms with E-state index in [9.17, 15) is 4.79 Å². The van der Waals surface area contributed by atoms with Crippen molar-refractivity contribution in [3.63, 3.8) is 0 Å². The number of rotatable bonds is 7. The maximum Gasteiger partial charge on any atom is 0.237 e. The highest BCUT2D eigenvalue weighted by molar-refractivity contribution is 5.78. The summed E-state index contributed by atoms with van der Waals surface area (Å²) in [5.74, 6) is 1.01. The molecule has 3 rings (SSSR count). The van der Waals surface area contributed by atoms with Crippen molar-refractivity contribution in [2.75, 3.05) is 13.1 Å². The number of carbonyl (C=O) groups is 1. The maximum atomic E-state index is 13.0. The van der Waals surface area contributed by atoms with Gasteiger partial charge >= 0.3 is 0 Å². The Bertz CT molecular complexity index is 639. The number of likely N-dealkylation sites (tertiary alicyclic amines) is 1. The van der Waals surface area contributed by atoms with Gasteiger partial charge in [-0.05, 0) is 43.5 Å². The fourth-order valence-electron chi connectivity index (χ4n) is 3.63. The van der Waals surface area contributed by atoms with Crippen molar-refractivity contribution in [2.24, 2.45) is 0 Å². The third-order valence-corrected chi connectivity index (χ3v) is 5.05. The number of nitrogens with zero attached hydrogens (tertiary/aromatic N) is 2. The standard InChI is InChI=1S/C21H28N2O2/c1-2-19-11-6-7-13-22(19)17-21(24)23(16-20-12-8-14-25-20)15-18-9-4-3-5-10-18/h3-5,8-10,12,14,19H,2,6-7,11,13,15-17H2,1H3. The zero-order valence-corrected chi connectivity index (χ0v) is 15.1. The molecule has 1 atom stereocenters. The first-order valence-corrected chi connectivity index (χ1v) is 9.34. The van der Waals surface area contributed by atoms with Gasteiger partial charge in [0, 0.05) is 12.6 Å². The number of amides is 1. The number of carbonyl (C=O) groups excluding carboxylic acids is 1. The van der Waals surface area contributed by atoms with Crippen molar-refractivity contribution in [2.45, 2.75) is 51.7 Å². The van der Waals surface area contributed by atoms with Crippen LogP contribution in [0.15, 0.2) is 53.1 Å². The molecule has 0 bridgehead atoms. The topological polar surface area (TPSA) is 36.7 Å². The fourth-order valence-corrected chi connectivity index (χ4v) is 3.63. The number of hydrogen-bond donors (Lipinski definition) is 0. The predicted octanol–water partition coefficient (Wildman–Crippen LogP) is 4.07. The minimum Gasteiger partial charge on any atom is -0.467 e. The Hall–Kier alpha value is -2.07. The Kier molecular flexibility index (Phi) is 6.29. The average molecular weight is 340 g/mol. The van der Waals surface area contributed by atoms with E-state index in [1.165, 1.54) is 19.3 Å². The molecule has 0 radical (unpaired) electrons. The van der Waals surface area contributed by atoms with Crippen LogP contribution in [0.2, 0.25) is 0 Å². The highest BCUT2D eigenvalue weighted by Crippen LogP contribution is 2.20. The molecule has 4 nitrogen and oxygen atoms in total. The van der Waals surface area contributed by atoms with Gasteiger partial charge in [0.05, 0.1) is 19.4 Å². The molecule has 1 amide bonds. The second kappa shape index (κ2) is 8.86. The molecule has 1 aromatic heterocycles. The lowest BCUT2D eigenvalue weighted by molar-refractivity contribution is -0.135. The fraction of sp³-hybridized carbons (Fsp3) is 0.476. The van der Waals surface area contributed by atoms with Gasteiger partial charge in [-0.3, -0.25) is 9.69 Å². The summed E-state index contributed by atoms with van der Waals surface area (Å²) >= 11 is 0. The van der Waals surface area contributed by atoms with Crippen LogP contribution < -0.4 is 0 Å². The van der Waals surface area contributed by atoms with E-state index >= 15 is 0 Å². The van der Waals surface area contributed by atoms with Crippen LogP contribution in [-0.2, 0) is 17.9 Å². The van der Waals surface area contributed by atoms with Crippen molar-refractivity contribution in [1.82, 2.24) is 9.80 Å². The van der Waals surface area contributed by atoms with Crippen LogP contribution in [0, 0.1) is 0 Å². The predicted molar refractivity (Wildman–Crippen MR) is 98.9 cm³/mol. The third kappa shape index (κ3) is 4.95. The Labute approximate surface area is 150 Å². The highest BCUT2D eigenvalue weighted by atomic mass is 16.3. The molecule has 1 aliphatic heterocycles. The summed E-state index contributed by atoms with van der Waals surface area (Å²) < 4.78 is 5.48. The van der Waals surface area contributed by atoms with Gasteiger partial charge in [0.2, 0.25) is 5.91 Å². The van der Waals surface area contributed by atoms with Gasteiger partial charge in [0.15, 0.2) is 0 Å². The zero-order valence-electron chi connectivity index (χ0n) is 15.1. The molecule has 25 heavy (non-hydrogen) atoms. The lowest BCUT2D eigenvalue weighted by Crippen LogP contribution is -2.46. The highest BCUT2D eigenvalue weighted by Gasteiger charge is 2.25. The lowest BCUT2D eigenvalue weighted by atomic mass is 10.00. The van der Waals surface area contributed by atoms with Gasteiger partial charge in [-0.1, -0.05) is 43.7 Å². The molecule has 4 heteroatoms. The van der Waals surface area contributed by atoms with E-state index in [4.69, 9.17) is 4.42 Å². The van der Waals surface area contributed by atoms with Gasteiger partial charge in [-0.25, -0.2) is 0 Å². The summed E-state index contributed by atoms with van der Waals surface area (Å²) in [6, 6.07) is 14.5. The Morgan fingerprint density at radius 2 is 2.00 bits per heavy atom. The van der Waals surface area contributed by atoms with Gasteiger partial charge in [-0.2, -0.15) is 0 Å². The van der Waals surface area contributed by atoms with E-state index in [1.54, 1.807) is 6.26 Å². The number of benzene rings is 1.